The number of methoxy groups -OCH3 is 1. The van der Waals surface area contributed by atoms with E-state index in [1.807, 2.05) is 0 Å². The first-order valence-electron chi connectivity index (χ1n) is 7.81. The maximum atomic E-state index is 10.4. The van der Waals surface area contributed by atoms with E-state index in [9.17, 15) is 30.6 Å². The summed E-state index contributed by atoms with van der Waals surface area (Å²) >= 11 is 0. The first-order valence-corrected chi connectivity index (χ1v) is 7.81. The van der Waals surface area contributed by atoms with Crippen LogP contribution in [-0.2, 0) is 9.47 Å². The van der Waals surface area contributed by atoms with Gasteiger partial charge in [-0.1, -0.05) is 18.2 Å². The Morgan fingerprint density at radius 3 is 2.40 bits per heavy atom. The lowest BCUT2D eigenvalue weighted by molar-refractivity contribution is -0.292. The summed E-state index contributed by atoms with van der Waals surface area (Å²) in [6.07, 6.45) is -9.86. The third-order valence-electron chi connectivity index (χ3n) is 4.15. The molecule has 6 N–H and O–H groups in total. The lowest BCUT2D eigenvalue weighted by Crippen LogP contribution is -2.58. The molecular weight excluding hydrogens is 336 g/mol. The van der Waals surface area contributed by atoms with Gasteiger partial charge in [0.1, 0.15) is 42.4 Å². The van der Waals surface area contributed by atoms with Gasteiger partial charge in [0.2, 0.25) is 0 Å². The molecule has 0 radical (unpaired) electrons. The maximum absolute atomic E-state index is 10.4. The minimum absolute atomic E-state index is 0.334. The fraction of sp³-hybridized carbons (Fsp3) is 0.625. The smallest absolute Gasteiger partial charge is 0.184 e. The predicted octanol–water partition coefficient (Wildman–Crippen LogP) is -2.09. The predicted molar refractivity (Wildman–Crippen MR) is 83.7 cm³/mol. The average Bonchev–Trinajstić information content (AvgIpc) is 2.64. The van der Waals surface area contributed by atoms with Gasteiger partial charge in [0, 0.05) is 5.56 Å². The monoisotopic (exact) mass is 360 g/mol. The lowest BCUT2D eigenvalue weighted by Gasteiger charge is -2.38. The van der Waals surface area contributed by atoms with E-state index < -0.39 is 49.5 Å². The fourth-order valence-electron chi connectivity index (χ4n) is 2.64. The molecule has 1 fully saturated rings. The van der Waals surface area contributed by atoms with Crippen LogP contribution in [0.1, 0.15) is 11.7 Å². The first kappa shape index (κ1) is 20.0. The largest absolute Gasteiger partial charge is 0.496 e. The zero-order chi connectivity index (χ0) is 18.6. The molecule has 0 aromatic heterocycles. The first-order chi connectivity index (χ1) is 11.9. The minimum Gasteiger partial charge on any atom is -0.496 e. The van der Waals surface area contributed by atoms with Crippen LogP contribution >= 0.6 is 0 Å². The van der Waals surface area contributed by atoms with Gasteiger partial charge >= 0.3 is 0 Å². The van der Waals surface area contributed by atoms with Crippen LogP contribution in [0.2, 0.25) is 0 Å². The van der Waals surface area contributed by atoms with E-state index in [0.29, 0.717) is 11.3 Å². The molecule has 9 heteroatoms. The second kappa shape index (κ2) is 8.88. The normalized spacial score (nSPS) is 32.2. The molecule has 2 rings (SSSR count). The number of aliphatic hydroxyl groups excluding tert-OH is 6. The average molecular weight is 360 g/mol. The molecule has 5 unspecified atom stereocenters. The Labute approximate surface area is 144 Å². The molecule has 1 aromatic rings. The van der Waals surface area contributed by atoms with Crippen LogP contribution in [0, 0.1) is 0 Å². The molecule has 0 saturated carbocycles. The zero-order valence-corrected chi connectivity index (χ0v) is 13.7. The molecule has 1 aromatic carbocycles. The summed E-state index contributed by atoms with van der Waals surface area (Å²) in [5.74, 6) is 0.417. The van der Waals surface area contributed by atoms with Crippen molar-refractivity contribution in [3.8, 4) is 5.75 Å². The Kier molecular flexibility index (Phi) is 7.11. The van der Waals surface area contributed by atoms with Crippen molar-refractivity contribution in [3.63, 3.8) is 0 Å². The molecule has 0 aliphatic carbocycles. The summed E-state index contributed by atoms with van der Waals surface area (Å²) in [5, 5.41) is 58.4. The Morgan fingerprint density at radius 1 is 1.08 bits per heavy atom. The highest BCUT2D eigenvalue weighted by Gasteiger charge is 2.43. The molecule has 1 heterocycles. The van der Waals surface area contributed by atoms with Gasteiger partial charge in [-0.2, -0.15) is 0 Å². The Bertz CT molecular complexity index is 540. The molecule has 0 spiro atoms. The Balaban J connectivity index is 2.02. The molecule has 9 nitrogen and oxygen atoms in total. The quantitative estimate of drug-likeness (QED) is 0.322. The second-order valence-corrected chi connectivity index (χ2v) is 5.78. The molecule has 0 bridgehead atoms. The van der Waals surface area contributed by atoms with Crippen molar-refractivity contribution in [3.05, 3.63) is 29.8 Å². The van der Waals surface area contributed by atoms with Gasteiger partial charge in [0.15, 0.2) is 6.29 Å². The van der Waals surface area contributed by atoms with Crippen LogP contribution in [-0.4, -0.2) is 87.8 Å². The van der Waals surface area contributed by atoms with Crippen molar-refractivity contribution in [2.24, 2.45) is 0 Å². The minimum atomic E-state index is -1.68. The molecule has 1 aliphatic rings. The number of ether oxygens (including phenoxy) is 3. The van der Waals surface area contributed by atoms with E-state index >= 15 is 0 Å². The SMILES string of the molecule is COc1ccccc1C(O)C(CO)OCC1O[C@H](O)C(O)C(O)[C@@H]1O. The zero-order valence-electron chi connectivity index (χ0n) is 13.7. The van der Waals surface area contributed by atoms with Gasteiger partial charge in [-0.05, 0) is 6.07 Å². The van der Waals surface area contributed by atoms with Gasteiger partial charge in [-0.15, -0.1) is 0 Å². The topological polar surface area (TPSA) is 149 Å². The van der Waals surface area contributed by atoms with Crippen LogP contribution in [0.3, 0.4) is 0 Å². The molecule has 1 aliphatic heterocycles. The molecule has 142 valence electrons. The van der Waals surface area contributed by atoms with Gasteiger partial charge in [0.25, 0.3) is 0 Å². The highest BCUT2D eigenvalue weighted by molar-refractivity contribution is 5.35. The summed E-state index contributed by atoms with van der Waals surface area (Å²) < 4.78 is 15.6. The van der Waals surface area contributed by atoms with E-state index in [1.54, 1.807) is 24.3 Å². The van der Waals surface area contributed by atoms with Crippen LogP contribution < -0.4 is 4.74 Å². The highest BCUT2D eigenvalue weighted by atomic mass is 16.6. The molecule has 25 heavy (non-hydrogen) atoms. The van der Waals surface area contributed by atoms with Crippen molar-refractivity contribution < 1.29 is 44.8 Å². The lowest BCUT2D eigenvalue weighted by atomic mass is 9.99. The number of hydrogen-bond donors (Lipinski definition) is 6. The summed E-state index contributed by atoms with van der Waals surface area (Å²) in [7, 11) is 1.45. The van der Waals surface area contributed by atoms with Crippen molar-refractivity contribution in [2.45, 2.75) is 42.9 Å². The maximum Gasteiger partial charge on any atom is 0.184 e. The Morgan fingerprint density at radius 2 is 1.76 bits per heavy atom. The van der Waals surface area contributed by atoms with Crippen molar-refractivity contribution in [1.29, 1.82) is 0 Å². The second-order valence-electron chi connectivity index (χ2n) is 5.78. The van der Waals surface area contributed by atoms with Crippen LogP contribution in [0.25, 0.3) is 0 Å². The van der Waals surface area contributed by atoms with Crippen molar-refractivity contribution >= 4 is 0 Å². The fourth-order valence-corrected chi connectivity index (χ4v) is 2.64. The van der Waals surface area contributed by atoms with Gasteiger partial charge in [0.05, 0.1) is 20.3 Å². The van der Waals surface area contributed by atoms with E-state index in [0.717, 1.165) is 0 Å². The van der Waals surface area contributed by atoms with Gasteiger partial charge in [-0.3, -0.25) is 0 Å². The molecule has 1 saturated heterocycles. The van der Waals surface area contributed by atoms with E-state index in [-0.39, 0.29) is 6.61 Å². The number of para-hydroxylation sites is 1. The summed E-state index contributed by atoms with van der Waals surface area (Å²) in [6.45, 7) is -0.866. The number of hydrogen-bond acceptors (Lipinski definition) is 9. The van der Waals surface area contributed by atoms with E-state index in [2.05, 4.69) is 0 Å². The third-order valence-corrected chi connectivity index (χ3v) is 4.15. The highest BCUT2D eigenvalue weighted by Crippen LogP contribution is 2.29. The molecule has 7 atom stereocenters. The van der Waals surface area contributed by atoms with Crippen molar-refractivity contribution in [2.75, 3.05) is 20.3 Å². The van der Waals surface area contributed by atoms with Crippen LogP contribution in [0.4, 0.5) is 0 Å². The van der Waals surface area contributed by atoms with Gasteiger partial charge < -0.3 is 44.8 Å². The third kappa shape index (κ3) is 4.46. The molecular formula is C16H24O9. The Hall–Kier alpha value is -1.30. The van der Waals surface area contributed by atoms with E-state index in [1.165, 1.54) is 7.11 Å². The van der Waals surface area contributed by atoms with Crippen LogP contribution in [0.15, 0.2) is 24.3 Å². The summed E-state index contributed by atoms with van der Waals surface area (Å²) in [5.41, 5.74) is 0.407. The van der Waals surface area contributed by atoms with Crippen molar-refractivity contribution in [1.82, 2.24) is 0 Å². The van der Waals surface area contributed by atoms with Crippen LogP contribution in [0.5, 0.6) is 5.75 Å². The summed E-state index contributed by atoms with van der Waals surface area (Å²) in [4.78, 5) is 0. The van der Waals surface area contributed by atoms with Gasteiger partial charge in [-0.25, -0.2) is 0 Å². The summed E-state index contributed by atoms with van der Waals surface area (Å²) in [6, 6.07) is 6.68. The number of rotatable bonds is 7. The molecule has 0 amide bonds. The number of aliphatic hydroxyl groups is 6. The number of benzene rings is 1. The standard InChI is InChI=1S/C16H24O9/c1-23-9-5-3-2-4-8(9)12(18)10(6-17)24-7-11-13(19)14(20)15(21)16(22)25-11/h2-5,10-22H,6-7H2,1H3/t10?,11?,12?,13-,14?,15?,16+/m1/s1. The van der Waals surface area contributed by atoms with E-state index in [4.69, 9.17) is 14.2 Å².